The molecule has 6 heteroatoms. The van der Waals surface area contributed by atoms with Crippen molar-refractivity contribution in [2.75, 3.05) is 6.54 Å². The number of aromatic nitrogens is 1. The van der Waals surface area contributed by atoms with E-state index in [4.69, 9.17) is 5.11 Å². The second kappa shape index (κ2) is 5.41. The van der Waals surface area contributed by atoms with E-state index in [1.54, 1.807) is 0 Å². The summed E-state index contributed by atoms with van der Waals surface area (Å²) in [4.78, 5) is 25.6. The van der Waals surface area contributed by atoms with Gasteiger partial charge in [-0.25, -0.2) is 9.78 Å². The van der Waals surface area contributed by atoms with Crippen LogP contribution in [0, 0.1) is 0 Å². The molecule has 0 aliphatic heterocycles. The molecule has 0 unspecified atom stereocenters. The van der Waals surface area contributed by atoms with Gasteiger partial charge in [-0.05, 0) is 12.1 Å². The van der Waals surface area contributed by atoms with Gasteiger partial charge in [0.05, 0.1) is 5.56 Å². The van der Waals surface area contributed by atoms with Crippen LogP contribution in [0.5, 0.6) is 0 Å². The normalized spacial score (nSPS) is 9.56. The van der Waals surface area contributed by atoms with Gasteiger partial charge in [0, 0.05) is 17.2 Å². The maximum Gasteiger partial charge on any atom is 0.354 e. The zero-order valence-corrected chi connectivity index (χ0v) is 9.82. The molecule has 1 rings (SSSR count). The first-order chi connectivity index (χ1) is 7.50. The molecule has 0 fully saturated rings. The Labute approximate surface area is 100 Å². The number of carboxylic acid groups (broad SMARTS) is 1. The highest BCUT2D eigenvalue weighted by molar-refractivity contribution is 9.11. The summed E-state index contributed by atoms with van der Waals surface area (Å²) in [5.41, 5.74) is 0.209. The van der Waals surface area contributed by atoms with E-state index in [1.807, 2.05) is 0 Å². The lowest BCUT2D eigenvalue weighted by atomic mass is 10.2. The highest BCUT2D eigenvalue weighted by Crippen LogP contribution is 2.02. The maximum absolute atomic E-state index is 11.5. The first-order valence-corrected chi connectivity index (χ1v) is 5.11. The fraction of sp³-hybridized carbons (Fsp3) is 0.100. The van der Waals surface area contributed by atoms with E-state index >= 15 is 0 Å². The van der Waals surface area contributed by atoms with Crippen LogP contribution in [0.25, 0.3) is 0 Å². The number of carbonyl (C=O) groups is 2. The van der Waals surface area contributed by atoms with Gasteiger partial charge in [-0.3, -0.25) is 4.79 Å². The molecule has 16 heavy (non-hydrogen) atoms. The summed E-state index contributed by atoms with van der Waals surface area (Å²) in [5.74, 6) is -1.45. The van der Waals surface area contributed by atoms with Crippen molar-refractivity contribution in [1.29, 1.82) is 0 Å². The van der Waals surface area contributed by atoms with Crippen molar-refractivity contribution in [3.63, 3.8) is 0 Å². The molecule has 1 heterocycles. The smallest absolute Gasteiger partial charge is 0.354 e. The molecule has 0 aliphatic carbocycles. The van der Waals surface area contributed by atoms with Crippen molar-refractivity contribution in [3.8, 4) is 0 Å². The third-order valence-electron chi connectivity index (χ3n) is 1.69. The summed E-state index contributed by atoms with van der Waals surface area (Å²) < 4.78 is 0.649. The number of hydrogen-bond donors (Lipinski definition) is 2. The molecule has 0 saturated carbocycles. The van der Waals surface area contributed by atoms with Crippen LogP contribution in [0.1, 0.15) is 20.8 Å². The molecular weight excluding hydrogens is 276 g/mol. The number of nitrogens with zero attached hydrogens (tertiary/aromatic N) is 1. The minimum Gasteiger partial charge on any atom is -0.477 e. The second-order valence-electron chi connectivity index (χ2n) is 2.94. The van der Waals surface area contributed by atoms with Crippen LogP contribution in [-0.4, -0.2) is 28.5 Å². The van der Waals surface area contributed by atoms with E-state index in [1.165, 1.54) is 18.3 Å². The van der Waals surface area contributed by atoms with E-state index in [9.17, 15) is 9.59 Å². The Bertz CT molecular complexity index is 428. The number of aromatic carboxylic acids is 1. The fourth-order valence-electron chi connectivity index (χ4n) is 0.933. The maximum atomic E-state index is 11.5. The monoisotopic (exact) mass is 284 g/mol. The molecule has 1 aromatic heterocycles. The second-order valence-corrected chi connectivity index (χ2v) is 4.06. The van der Waals surface area contributed by atoms with Gasteiger partial charge < -0.3 is 10.4 Å². The van der Waals surface area contributed by atoms with Crippen LogP contribution in [0.4, 0.5) is 0 Å². The molecule has 0 aliphatic rings. The molecule has 5 nitrogen and oxygen atoms in total. The minimum absolute atomic E-state index is 0.0959. The van der Waals surface area contributed by atoms with Crippen molar-refractivity contribution < 1.29 is 14.7 Å². The van der Waals surface area contributed by atoms with Crippen LogP contribution >= 0.6 is 15.9 Å². The molecule has 0 atom stereocenters. The zero-order chi connectivity index (χ0) is 12.1. The van der Waals surface area contributed by atoms with Gasteiger partial charge in [0.25, 0.3) is 5.91 Å². The van der Waals surface area contributed by atoms with E-state index in [2.05, 4.69) is 32.8 Å². The number of rotatable bonds is 4. The van der Waals surface area contributed by atoms with Crippen molar-refractivity contribution in [2.45, 2.75) is 0 Å². The molecule has 1 amide bonds. The standard InChI is InChI=1S/C10H9BrN2O3/c1-6(11)4-13-9(14)7-2-3-8(10(15)16)12-5-7/h2-3,5H,1,4H2,(H,13,14)(H,15,16). The molecule has 0 aromatic carbocycles. The summed E-state index contributed by atoms with van der Waals surface area (Å²) >= 11 is 3.10. The highest BCUT2D eigenvalue weighted by Gasteiger charge is 2.08. The van der Waals surface area contributed by atoms with Gasteiger partial charge in [0.15, 0.2) is 0 Å². The van der Waals surface area contributed by atoms with Crippen molar-refractivity contribution in [1.82, 2.24) is 10.3 Å². The Balaban J connectivity index is 2.70. The molecular formula is C10H9BrN2O3. The summed E-state index contributed by atoms with van der Waals surface area (Å²) in [6.45, 7) is 3.87. The largest absolute Gasteiger partial charge is 0.477 e. The van der Waals surface area contributed by atoms with Gasteiger partial charge in [0.2, 0.25) is 0 Å². The Morgan fingerprint density at radius 3 is 2.62 bits per heavy atom. The van der Waals surface area contributed by atoms with E-state index in [0.29, 0.717) is 16.6 Å². The number of pyridine rings is 1. The Hall–Kier alpha value is -1.69. The van der Waals surface area contributed by atoms with Crippen molar-refractivity contribution in [3.05, 3.63) is 40.6 Å². The van der Waals surface area contributed by atoms with Crippen molar-refractivity contribution >= 4 is 27.8 Å². The first-order valence-electron chi connectivity index (χ1n) is 4.31. The quantitative estimate of drug-likeness (QED) is 0.876. The summed E-state index contributed by atoms with van der Waals surface area (Å²) in [6.07, 6.45) is 1.22. The van der Waals surface area contributed by atoms with Gasteiger partial charge >= 0.3 is 5.97 Å². The number of amides is 1. The predicted octanol–water partition coefficient (Wildman–Crippen LogP) is 1.42. The SMILES string of the molecule is C=C(Br)CNC(=O)c1ccc(C(=O)O)nc1. The van der Waals surface area contributed by atoms with E-state index < -0.39 is 5.97 Å². The van der Waals surface area contributed by atoms with Crippen LogP contribution in [0.2, 0.25) is 0 Å². The van der Waals surface area contributed by atoms with Gasteiger partial charge in [-0.1, -0.05) is 22.5 Å². The average molecular weight is 285 g/mol. The van der Waals surface area contributed by atoms with Crippen LogP contribution in [-0.2, 0) is 0 Å². The number of nitrogens with one attached hydrogen (secondary N) is 1. The molecule has 1 aromatic rings. The van der Waals surface area contributed by atoms with Gasteiger partial charge in [-0.15, -0.1) is 0 Å². The number of halogens is 1. The lowest BCUT2D eigenvalue weighted by molar-refractivity contribution is 0.0689. The molecule has 2 N–H and O–H groups in total. The third kappa shape index (κ3) is 3.47. The average Bonchev–Trinajstić information content (AvgIpc) is 2.26. The molecule has 0 bridgehead atoms. The topological polar surface area (TPSA) is 79.3 Å². The lowest BCUT2D eigenvalue weighted by Crippen LogP contribution is -2.24. The van der Waals surface area contributed by atoms with E-state index in [-0.39, 0.29) is 11.6 Å². The van der Waals surface area contributed by atoms with Crippen molar-refractivity contribution in [2.24, 2.45) is 0 Å². The molecule has 0 saturated heterocycles. The number of hydrogen-bond acceptors (Lipinski definition) is 3. The molecule has 84 valence electrons. The van der Waals surface area contributed by atoms with Crippen LogP contribution < -0.4 is 5.32 Å². The summed E-state index contributed by atoms with van der Waals surface area (Å²) in [5, 5.41) is 11.2. The Morgan fingerprint density at radius 1 is 1.50 bits per heavy atom. The Morgan fingerprint density at radius 2 is 2.19 bits per heavy atom. The lowest BCUT2D eigenvalue weighted by Gasteiger charge is -2.03. The Kier molecular flexibility index (Phi) is 4.19. The summed E-state index contributed by atoms with van der Waals surface area (Å²) in [6, 6.07) is 2.68. The fourth-order valence-corrected chi connectivity index (χ4v) is 1.07. The minimum atomic E-state index is -1.12. The van der Waals surface area contributed by atoms with Crippen LogP contribution in [0.15, 0.2) is 29.4 Å². The highest BCUT2D eigenvalue weighted by atomic mass is 79.9. The van der Waals surface area contributed by atoms with Gasteiger partial charge in [0.1, 0.15) is 5.69 Å². The number of carboxylic acids is 1. The third-order valence-corrected chi connectivity index (χ3v) is 1.97. The molecule has 0 spiro atoms. The first kappa shape index (κ1) is 12.4. The molecule has 0 radical (unpaired) electrons. The van der Waals surface area contributed by atoms with E-state index in [0.717, 1.165) is 0 Å². The van der Waals surface area contributed by atoms with Gasteiger partial charge in [-0.2, -0.15) is 0 Å². The summed E-state index contributed by atoms with van der Waals surface area (Å²) in [7, 11) is 0. The zero-order valence-electron chi connectivity index (χ0n) is 8.24. The number of carbonyl (C=O) groups excluding carboxylic acids is 1. The predicted molar refractivity (Wildman–Crippen MR) is 61.6 cm³/mol. The van der Waals surface area contributed by atoms with Crippen LogP contribution in [0.3, 0.4) is 0 Å².